The van der Waals surface area contributed by atoms with E-state index in [0.29, 0.717) is 17.7 Å². The van der Waals surface area contributed by atoms with E-state index in [1.54, 1.807) is 17.1 Å². The molecule has 2 aromatic carbocycles. The number of cyclic esters (lactones) is 2. The van der Waals surface area contributed by atoms with Gasteiger partial charge in [-0.3, -0.25) is 0 Å². The first kappa shape index (κ1) is 16.4. The predicted octanol–water partition coefficient (Wildman–Crippen LogP) is 3.57. The van der Waals surface area contributed by atoms with Gasteiger partial charge in [0.25, 0.3) is 0 Å². The lowest BCUT2D eigenvalue weighted by molar-refractivity contribution is -0.149. The number of hydrogen-bond donors (Lipinski definition) is 1. The average molecular weight is 372 g/mol. The monoisotopic (exact) mass is 372 g/mol. The summed E-state index contributed by atoms with van der Waals surface area (Å²) in [5.41, 5.74) is 3.48. The first-order valence-corrected chi connectivity index (χ1v) is 9.00. The summed E-state index contributed by atoms with van der Waals surface area (Å²) in [7, 11) is 0. The van der Waals surface area contributed by atoms with Crippen LogP contribution in [0, 0.1) is 0 Å². The molecule has 6 nitrogen and oxygen atoms in total. The minimum Gasteiger partial charge on any atom is -0.414 e. The van der Waals surface area contributed by atoms with Crippen LogP contribution in [0.5, 0.6) is 0 Å². The first-order chi connectivity index (χ1) is 13.7. The topological polar surface area (TPSA) is 73.3 Å². The number of benzene rings is 2. The van der Waals surface area contributed by atoms with Crippen molar-refractivity contribution < 1.29 is 19.2 Å². The number of fused-ring (bicyclic) bond motifs is 2. The van der Waals surface area contributed by atoms with Gasteiger partial charge in [0, 0.05) is 33.6 Å². The molecule has 0 atom stereocenters. The molecule has 0 spiro atoms. The number of esters is 2. The highest BCUT2D eigenvalue weighted by atomic mass is 16.7. The second-order valence-electron chi connectivity index (χ2n) is 6.48. The van der Waals surface area contributed by atoms with Crippen molar-refractivity contribution in [3.8, 4) is 0 Å². The summed E-state index contributed by atoms with van der Waals surface area (Å²) in [5, 5.41) is 1.67. The van der Waals surface area contributed by atoms with Crippen molar-refractivity contribution in [3.05, 3.63) is 72.1 Å². The van der Waals surface area contributed by atoms with Gasteiger partial charge in [-0.15, -0.1) is 0 Å². The number of carbonyl (C=O) groups excluding carboxylic acids is 2. The number of nitrogens with zero attached hydrogens (tertiary/aromatic N) is 1. The molecular weight excluding hydrogens is 356 g/mol. The molecule has 0 radical (unpaired) electrons. The summed E-state index contributed by atoms with van der Waals surface area (Å²) in [5.74, 6) is -1.29. The van der Waals surface area contributed by atoms with Crippen LogP contribution in [0.3, 0.4) is 0 Å². The Morgan fingerprint density at radius 1 is 0.929 bits per heavy atom. The molecule has 0 saturated heterocycles. The molecule has 4 aromatic rings. The van der Waals surface area contributed by atoms with Crippen LogP contribution < -0.4 is 4.84 Å². The molecule has 2 aromatic heterocycles. The quantitative estimate of drug-likeness (QED) is 0.439. The number of carbonyl (C=O) groups is 2. The van der Waals surface area contributed by atoms with E-state index in [0.717, 1.165) is 21.8 Å². The molecule has 6 heteroatoms. The minimum atomic E-state index is -0.648. The number of ether oxygens (including phenoxy) is 1. The van der Waals surface area contributed by atoms with E-state index in [4.69, 9.17) is 9.57 Å². The summed E-state index contributed by atoms with van der Waals surface area (Å²) in [4.78, 5) is 34.1. The zero-order valence-corrected chi connectivity index (χ0v) is 15.1. The van der Waals surface area contributed by atoms with Gasteiger partial charge in [-0.1, -0.05) is 36.4 Å². The fourth-order valence-corrected chi connectivity index (χ4v) is 3.75. The van der Waals surface area contributed by atoms with Gasteiger partial charge >= 0.3 is 11.9 Å². The summed E-state index contributed by atoms with van der Waals surface area (Å²) in [6.45, 7) is 2.36. The normalized spacial score (nSPS) is 14.3. The first-order valence-electron chi connectivity index (χ1n) is 9.00. The zero-order valence-electron chi connectivity index (χ0n) is 15.1. The van der Waals surface area contributed by atoms with Crippen molar-refractivity contribution in [1.82, 2.24) is 9.71 Å². The van der Waals surface area contributed by atoms with Gasteiger partial charge < -0.3 is 14.6 Å². The highest BCUT2D eigenvalue weighted by Crippen LogP contribution is 2.39. The molecule has 0 bridgehead atoms. The molecule has 0 saturated carbocycles. The Balaban J connectivity index is 1.83. The average Bonchev–Trinajstić information content (AvgIpc) is 3.36. The van der Waals surface area contributed by atoms with Crippen LogP contribution in [0.2, 0.25) is 0 Å². The highest BCUT2D eigenvalue weighted by Gasteiger charge is 2.37. The molecule has 0 aliphatic carbocycles. The Bertz CT molecular complexity index is 1290. The lowest BCUT2D eigenvalue weighted by Crippen LogP contribution is -2.08. The Morgan fingerprint density at radius 2 is 1.61 bits per heavy atom. The summed E-state index contributed by atoms with van der Waals surface area (Å²) < 4.78 is 6.64. The van der Waals surface area contributed by atoms with E-state index >= 15 is 0 Å². The van der Waals surface area contributed by atoms with Gasteiger partial charge in [-0.2, -0.15) is 4.73 Å². The van der Waals surface area contributed by atoms with Crippen molar-refractivity contribution in [3.63, 3.8) is 0 Å². The van der Waals surface area contributed by atoms with Crippen LogP contribution in [0.1, 0.15) is 18.1 Å². The van der Waals surface area contributed by atoms with Gasteiger partial charge in [-0.05, 0) is 19.1 Å². The third kappa shape index (κ3) is 2.28. The largest absolute Gasteiger partial charge is 0.414 e. The number of para-hydroxylation sites is 2. The van der Waals surface area contributed by atoms with Gasteiger partial charge in [0.1, 0.15) is 6.61 Å². The molecule has 3 heterocycles. The molecule has 1 aliphatic heterocycles. The van der Waals surface area contributed by atoms with E-state index in [2.05, 4.69) is 4.98 Å². The van der Waals surface area contributed by atoms with Crippen molar-refractivity contribution in [2.24, 2.45) is 0 Å². The maximum atomic E-state index is 12.7. The fraction of sp³-hybridized carbons (Fsp3) is 0.0909. The molecule has 138 valence electrons. The minimum absolute atomic E-state index is 0.254. The smallest absolute Gasteiger partial charge is 0.347 e. The number of hydrogen-bond acceptors (Lipinski definition) is 4. The van der Waals surface area contributed by atoms with E-state index < -0.39 is 11.9 Å². The van der Waals surface area contributed by atoms with E-state index in [1.165, 1.54) is 0 Å². The van der Waals surface area contributed by atoms with Crippen LogP contribution >= 0.6 is 0 Å². The molecule has 5 rings (SSSR count). The zero-order chi connectivity index (χ0) is 19.3. The molecule has 1 N–H and O–H groups in total. The summed E-state index contributed by atoms with van der Waals surface area (Å²) >= 11 is 0. The Kier molecular flexibility index (Phi) is 3.58. The van der Waals surface area contributed by atoms with Crippen molar-refractivity contribution >= 4 is 44.9 Å². The third-order valence-electron chi connectivity index (χ3n) is 4.92. The van der Waals surface area contributed by atoms with E-state index in [9.17, 15) is 9.59 Å². The Hall–Kier alpha value is -3.80. The number of nitrogens with one attached hydrogen (secondary N) is 1. The van der Waals surface area contributed by atoms with Crippen molar-refractivity contribution in [2.45, 2.75) is 6.92 Å². The standard InChI is InChI=1S/C22H16N2O4/c1-2-27-24-12-16(14-8-4-6-10-18(14)24)20-19(21(25)28-22(20)26)15-11-23-17-9-5-3-7-13(15)17/h3-12,23H,2H2,1H3. The van der Waals surface area contributed by atoms with Crippen molar-refractivity contribution in [1.29, 1.82) is 0 Å². The van der Waals surface area contributed by atoms with Gasteiger partial charge in [0.2, 0.25) is 0 Å². The molecule has 1 aliphatic rings. The number of rotatable bonds is 4. The van der Waals surface area contributed by atoms with E-state index in [-0.39, 0.29) is 11.1 Å². The lowest BCUT2D eigenvalue weighted by Gasteiger charge is -2.04. The lowest BCUT2D eigenvalue weighted by atomic mass is 9.95. The van der Waals surface area contributed by atoms with Crippen molar-refractivity contribution in [2.75, 3.05) is 6.61 Å². The molecule has 0 amide bonds. The van der Waals surface area contributed by atoms with Gasteiger partial charge in [0.05, 0.1) is 22.9 Å². The SMILES string of the molecule is CCOn1cc(C2=C(c3c[nH]c4ccccc34)C(=O)OC2=O)c2ccccc21. The van der Waals surface area contributed by atoms with Crippen LogP contribution in [-0.4, -0.2) is 28.3 Å². The summed E-state index contributed by atoms with van der Waals surface area (Å²) in [6, 6.07) is 15.2. The molecule has 0 unspecified atom stereocenters. The summed E-state index contributed by atoms with van der Waals surface area (Å²) in [6.07, 6.45) is 3.47. The van der Waals surface area contributed by atoms with Crippen LogP contribution in [-0.2, 0) is 14.3 Å². The number of aromatic nitrogens is 2. The fourth-order valence-electron chi connectivity index (χ4n) is 3.75. The third-order valence-corrected chi connectivity index (χ3v) is 4.92. The van der Waals surface area contributed by atoms with Crippen LogP contribution in [0.4, 0.5) is 0 Å². The van der Waals surface area contributed by atoms with E-state index in [1.807, 2.05) is 55.5 Å². The molecule has 0 fully saturated rings. The Morgan fingerprint density at radius 3 is 2.39 bits per heavy atom. The highest BCUT2D eigenvalue weighted by molar-refractivity contribution is 6.46. The molecule has 28 heavy (non-hydrogen) atoms. The number of H-pyrrole nitrogens is 1. The van der Waals surface area contributed by atoms with Gasteiger partial charge in [0.15, 0.2) is 0 Å². The van der Waals surface area contributed by atoms with Crippen LogP contribution in [0.25, 0.3) is 33.0 Å². The second-order valence-corrected chi connectivity index (χ2v) is 6.48. The maximum absolute atomic E-state index is 12.7. The predicted molar refractivity (Wildman–Crippen MR) is 105 cm³/mol. The Labute approximate surface area is 159 Å². The maximum Gasteiger partial charge on any atom is 0.347 e. The van der Waals surface area contributed by atoms with Gasteiger partial charge in [-0.25, -0.2) is 9.59 Å². The second kappa shape index (κ2) is 6.13. The number of aromatic amines is 1. The van der Waals surface area contributed by atoms with Crippen LogP contribution in [0.15, 0.2) is 60.9 Å². The molecular formula is C22H16N2O4.